The van der Waals surface area contributed by atoms with Gasteiger partial charge in [-0.25, -0.2) is 0 Å². The molecule has 1 atom stereocenters. The molecule has 0 bridgehead atoms. The number of carbonyl (C=O) groups excluding carboxylic acids is 2. The van der Waals surface area contributed by atoms with Crippen LogP contribution in [0.3, 0.4) is 0 Å². The highest BCUT2D eigenvalue weighted by atomic mass is 32.1. The lowest BCUT2D eigenvalue weighted by Gasteiger charge is -2.19. The van der Waals surface area contributed by atoms with Crippen molar-refractivity contribution in [3.05, 3.63) is 58.5 Å². The number of primary amides is 1. The van der Waals surface area contributed by atoms with E-state index in [4.69, 9.17) is 15.2 Å². The number of amides is 2. The molecule has 3 aromatic rings. The number of nitrogens with two attached hydrogens (primary N) is 1. The zero-order valence-corrected chi connectivity index (χ0v) is 17.1. The average Bonchev–Trinajstić information content (AvgIpc) is 3.37. The predicted molar refractivity (Wildman–Crippen MR) is 113 cm³/mol. The molecular formula is C22H22N2O4S. The van der Waals surface area contributed by atoms with Crippen molar-refractivity contribution in [2.45, 2.75) is 12.3 Å². The lowest BCUT2D eigenvalue weighted by Crippen LogP contribution is -2.29. The number of thiophene rings is 1. The normalized spacial score (nSPS) is 16.2. The number of nitrogens with zero attached hydrogens (tertiary/aromatic N) is 1. The molecule has 2 N–H and O–H groups in total. The van der Waals surface area contributed by atoms with Gasteiger partial charge in [-0.05, 0) is 35.6 Å². The Bertz CT molecular complexity index is 1090. The third-order valence-electron chi connectivity index (χ3n) is 5.37. The van der Waals surface area contributed by atoms with Crippen LogP contribution < -0.4 is 15.2 Å². The molecule has 1 fully saturated rings. The standard InChI is InChI=1S/C22H22N2O4S/c1-27-16-8-5-7-15(19(16)28-2)22(26)24-11-10-13(12-24)18-14-6-3-4-9-17(14)29-20(18)21(23)25/h3-9,13H,10-12H2,1-2H3,(H2,23,25)/t13-/m0/s1. The van der Waals surface area contributed by atoms with Crippen LogP contribution in [0.1, 0.15) is 37.9 Å². The van der Waals surface area contributed by atoms with Crippen LogP contribution in [0.4, 0.5) is 0 Å². The first kappa shape index (κ1) is 19.3. The first-order chi connectivity index (χ1) is 14.0. The summed E-state index contributed by atoms with van der Waals surface area (Å²) in [4.78, 5) is 27.6. The number of benzene rings is 2. The van der Waals surface area contributed by atoms with Gasteiger partial charge in [0.1, 0.15) is 0 Å². The minimum atomic E-state index is -0.416. The zero-order valence-electron chi connectivity index (χ0n) is 16.3. The number of ether oxygens (including phenoxy) is 2. The molecule has 2 aromatic carbocycles. The number of hydrogen-bond donors (Lipinski definition) is 1. The second kappa shape index (κ2) is 7.75. The van der Waals surface area contributed by atoms with Crippen molar-refractivity contribution in [2.24, 2.45) is 5.73 Å². The second-order valence-electron chi connectivity index (χ2n) is 6.98. The first-order valence-corrected chi connectivity index (χ1v) is 10.2. The third-order valence-corrected chi connectivity index (χ3v) is 6.58. The predicted octanol–water partition coefficient (Wildman–Crippen LogP) is 3.65. The quantitative estimate of drug-likeness (QED) is 0.696. The maximum Gasteiger partial charge on any atom is 0.259 e. The van der Waals surface area contributed by atoms with Crippen LogP contribution in [0.2, 0.25) is 0 Å². The minimum Gasteiger partial charge on any atom is -0.493 e. The van der Waals surface area contributed by atoms with Gasteiger partial charge in [-0.2, -0.15) is 0 Å². The smallest absolute Gasteiger partial charge is 0.259 e. The Morgan fingerprint density at radius 3 is 2.62 bits per heavy atom. The fraction of sp³-hybridized carbons (Fsp3) is 0.273. The zero-order chi connectivity index (χ0) is 20.5. The van der Waals surface area contributed by atoms with Gasteiger partial charge in [0, 0.05) is 23.7 Å². The van der Waals surface area contributed by atoms with E-state index in [1.807, 2.05) is 24.3 Å². The summed E-state index contributed by atoms with van der Waals surface area (Å²) >= 11 is 1.42. The van der Waals surface area contributed by atoms with Crippen LogP contribution >= 0.6 is 11.3 Å². The Morgan fingerprint density at radius 2 is 1.90 bits per heavy atom. The monoisotopic (exact) mass is 410 g/mol. The van der Waals surface area contributed by atoms with Crippen LogP contribution in [0.25, 0.3) is 10.1 Å². The van der Waals surface area contributed by atoms with E-state index in [0.29, 0.717) is 35.0 Å². The van der Waals surface area contributed by atoms with Crippen LogP contribution in [-0.2, 0) is 0 Å². The number of likely N-dealkylation sites (tertiary alicyclic amines) is 1. The van der Waals surface area contributed by atoms with Gasteiger partial charge in [0.2, 0.25) is 0 Å². The minimum absolute atomic E-state index is 0.0641. The van der Waals surface area contributed by atoms with E-state index in [0.717, 1.165) is 22.1 Å². The van der Waals surface area contributed by atoms with E-state index >= 15 is 0 Å². The molecule has 1 aromatic heterocycles. The third kappa shape index (κ3) is 3.31. The molecule has 1 aliphatic heterocycles. The summed E-state index contributed by atoms with van der Waals surface area (Å²) in [5, 5.41) is 1.05. The Hall–Kier alpha value is -3.06. The van der Waals surface area contributed by atoms with Crippen molar-refractivity contribution in [1.29, 1.82) is 0 Å². The molecule has 0 saturated carbocycles. The molecule has 150 valence electrons. The number of methoxy groups -OCH3 is 2. The number of carbonyl (C=O) groups is 2. The summed E-state index contributed by atoms with van der Waals surface area (Å²) in [6.45, 7) is 1.13. The Labute approximate surface area is 172 Å². The summed E-state index contributed by atoms with van der Waals surface area (Å²) in [7, 11) is 3.07. The van der Waals surface area contributed by atoms with Gasteiger partial charge in [0.25, 0.3) is 11.8 Å². The highest BCUT2D eigenvalue weighted by molar-refractivity contribution is 7.21. The molecule has 6 nitrogen and oxygen atoms in total. The molecule has 1 aliphatic rings. The molecule has 7 heteroatoms. The van der Waals surface area contributed by atoms with Crippen molar-refractivity contribution < 1.29 is 19.1 Å². The van der Waals surface area contributed by atoms with E-state index in [-0.39, 0.29) is 11.8 Å². The molecule has 1 saturated heterocycles. The average molecular weight is 410 g/mol. The molecule has 29 heavy (non-hydrogen) atoms. The number of rotatable bonds is 5. The molecule has 2 heterocycles. The Balaban J connectivity index is 1.66. The van der Waals surface area contributed by atoms with E-state index in [9.17, 15) is 9.59 Å². The molecule has 0 radical (unpaired) electrons. The molecule has 0 aliphatic carbocycles. The number of hydrogen-bond acceptors (Lipinski definition) is 5. The molecule has 4 rings (SSSR count). The van der Waals surface area contributed by atoms with Crippen LogP contribution in [0.15, 0.2) is 42.5 Å². The summed E-state index contributed by atoms with van der Waals surface area (Å²) in [6, 6.07) is 13.2. The maximum atomic E-state index is 13.2. The van der Waals surface area contributed by atoms with Crippen LogP contribution in [0.5, 0.6) is 11.5 Å². The van der Waals surface area contributed by atoms with Gasteiger partial charge >= 0.3 is 0 Å². The van der Waals surface area contributed by atoms with Gasteiger partial charge in [0.05, 0.1) is 24.7 Å². The first-order valence-electron chi connectivity index (χ1n) is 9.36. The Kier molecular flexibility index (Phi) is 5.15. The van der Waals surface area contributed by atoms with Crippen molar-refractivity contribution in [2.75, 3.05) is 27.3 Å². The molecule has 0 unspecified atom stereocenters. The van der Waals surface area contributed by atoms with Crippen LogP contribution in [0, 0.1) is 0 Å². The van der Waals surface area contributed by atoms with E-state index in [2.05, 4.69) is 0 Å². The second-order valence-corrected chi connectivity index (χ2v) is 8.04. The van der Waals surface area contributed by atoms with Crippen molar-refractivity contribution in [3.63, 3.8) is 0 Å². The summed E-state index contributed by atoms with van der Waals surface area (Å²) in [5.74, 6) is 0.495. The SMILES string of the molecule is COc1cccc(C(=O)N2CC[C@H](c3c(C(N)=O)sc4ccccc34)C2)c1OC. The molecule has 0 spiro atoms. The fourth-order valence-corrected chi connectivity index (χ4v) is 5.20. The van der Waals surface area contributed by atoms with Crippen molar-refractivity contribution >= 4 is 33.2 Å². The summed E-state index contributed by atoms with van der Waals surface area (Å²) in [5.41, 5.74) is 7.10. The van der Waals surface area contributed by atoms with Crippen LogP contribution in [-0.4, -0.2) is 44.0 Å². The van der Waals surface area contributed by atoms with Gasteiger partial charge in [-0.1, -0.05) is 24.3 Å². The molecular weight excluding hydrogens is 388 g/mol. The number of fused-ring (bicyclic) bond motifs is 1. The highest BCUT2D eigenvalue weighted by Crippen LogP contribution is 2.41. The Morgan fingerprint density at radius 1 is 1.10 bits per heavy atom. The van der Waals surface area contributed by atoms with E-state index in [1.165, 1.54) is 18.4 Å². The van der Waals surface area contributed by atoms with Gasteiger partial charge in [0.15, 0.2) is 11.5 Å². The molecule has 2 amide bonds. The summed E-state index contributed by atoms with van der Waals surface area (Å²) in [6.07, 6.45) is 0.777. The lowest BCUT2D eigenvalue weighted by molar-refractivity contribution is 0.0786. The van der Waals surface area contributed by atoms with Gasteiger partial charge in [-0.15, -0.1) is 11.3 Å². The highest BCUT2D eigenvalue weighted by Gasteiger charge is 2.33. The van der Waals surface area contributed by atoms with Gasteiger partial charge in [-0.3, -0.25) is 9.59 Å². The largest absolute Gasteiger partial charge is 0.493 e. The number of para-hydroxylation sites is 1. The van der Waals surface area contributed by atoms with Gasteiger partial charge < -0.3 is 20.1 Å². The summed E-state index contributed by atoms with van der Waals surface area (Å²) < 4.78 is 11.8. The van der Waals surface area contributed by atoms with Crippen molar-refractivity contribution in [1.82, 2.24) is 4.90 Å². The maximum absolute atomic E-state index is 13.2. The van der Waals surface area contributed by atoms with E-state index in [1.54, 1.807) is 30.2 Å². The fourth-order valence-electron chi connectivity index (χ4n) is 4.06. The van der Waals surface area contributed by atoms with E-state index < -0.39 is 5.91 Å². The topological polar surface area (TPSA) is 81.9 Å². The van der Waals surface area contributed by atoms with Crippen molar-refractivity contribution in [3.8, 4) is 11.5 Å². The lowest BCUT2D eigenvalue weighted by atomic mass is 9.95.